The van der Waals surface area contributed by atoms with Crippen LogP contribution in [0, 0.1) is 5.92 Å². The maximum Gasteiger partial charge on any atom is 0.0620 e. The molecule has 0 fully saturated rings. The Morgan fingerprint density at radius 3 is 1.68 bits per heavy atom. The fourth-order valence-corrected chi connectivity index (χ4v) is 8.88. The standard InChI is InChI=1S/C50H35N3/c1-33-15-12-28-47-43(31-33)42-25-14-24-41(50(42)52(47)35-18-6-3-7-19-35)40-23-13-22-39-37-20-8-11-27-46(37)53(49(39)40)36-29-30-48-44(32-36)38-21-9-10-26-45(38)51(48)34-16-4-2-5-17-34/h2-33H,1H3. The van der Waals surface area contributed by atoms with E-state index >= 15 is 0 Å². The first-order valence-corrected chi connectivity index (χ1v) is 18.5. The smallest absolute Gasteiger partial charge is 0.0620 e. The van der Waals surface area contributed by atoms with E-state index in [1.54, 1.807) is 0 Å². The summed E-state index contributed by atoms with van der Waals surface area (Å²) >= 11 is 0. The fraction of sp³-hybridized carbons (Fsp3) is 0.0400. The van der Waals surface area contributed by atoms with Crippen LogP contribution in [0.3, 0.4) is 0 Å². The van der Waals surface area contributed by atoms with Crippen molar-refractivity contribution in [2.75, 3.05) is 0 Å². The lowest BCUT2D eigenvalue weighted by Gasteiger charge is -2.15. The van der Waals surface area contributed by atoms with Gasteiger partial charge in [-0.1, -0.05) is 134 Å². The van der Waals surface area contributed by atoms with Gasteiger partial charge in [0, 0.05) is 60.3 Å². The van der Waals surface area contributed by atoms with Crippen LogP contribution < -0.4 is 10.6 Å². The Labute approximate surface area is 306 Å². The van der Waals surface area contributed by atoms with Gasteiger partial charge in [-0.2, -0.15) is 0 Å². The lowest BCUT2D eigenvalue weighted by molar-refractivity contribution is 0.997. The molecular weight excluding hydrogens is 643 g/mol. The Morgan fingerprint density at radius 2 is 0.962 bits per heavy atom. The molecule has 1 unspecified atom stereocenters. The molecule has 3 heterocycles. The zero-order chi connectivity index (χ0) is 35.0. The number of benzene rings is 7. The van der Waals surface area contributed by atoms with Gasteiger partial charge in [0.25, 0.3) is 0 Å². The summed E-state index contributed by atoms with van der Waals surface area (Å²) in [5.41, 5.74) is 11.9. The topological polar surface area (TPSA) is 14.8 Å². The summed E-state index contributed by atoms with van der Waals surface area (Å²) in [5, 5.41) is 8.75. The number of allylic oxidation sites excluding steroid dienone is 2. The second-order valence-electron chi connectivity index (χ2n) is 14.2. The van der Waals surface area contributed by atoms with Crippen molar-refractivity contribution < 1.29 is 0 Å². The zero-order valence-electron chi connectivity index (χ0n) is 29.3. The average Bonchev–Trinajstić information content (AvgIpc) is 3.78. The third kappa shape index (κ3) is 4.41. The van der Waals surface area contributed by atoms with E-state index in [1.807, 2.05) is 0 Å². The summed E-state index contributed by atoms with van der Waals surface area (Å²) in [6.45, 7) is 2.27. The van der Waals surface area contributed by atoms with E-state index in [2.05, 4.69) is 209 Å². The molecule has 0 amide bonds. The quantitative estimate of drug-likeness (QED) is 0.176. The number of fused-ring (bicyclic) bond motifs is 9. The fourth-order valence-electron chi connectivity index (χ4n) is 8.88. The predicted octanol–water partition coefficient (Wildman–Crippen LogP) is 11.3. The van der Waals surface area contributed by atoms with E-state index in [9.17, 15) is 0 Å². The molecule has 0 N–H and O–H groups in total. The van der Waals surface area contributed by atoms with E-state index in [1.165, 1.54) is 76.2 Å². The Hall–Kier alpha value is -6.84. The first kappa shape index (κ1) is 29.8. The number of aromatic nitrogens is 3. The number of nitrogens with zero attached hydrogens (tertiary/aromatic N) is 3. The number of hydrogen-bond donors (Lipinski definition) is 0. The van der Waals surface area contributed by atoms with Crippen LogP contribution in [0.25, 0.3) is 94.9 Å². The molecule has 1 atom stereocenters. The molecule has 1 aliphatic rings. The molecule has 0 radical (unpaired) electrons. The van der Waals surface area contributed by atoms with Crippen molar-refractivity contribution >= 4 is 66.7 Å². The van der Waals surface area contributed by atoms with Crippen LogP contribution in [0.5, 0.6) is 0 Å². The van der Waals surface area contributed by atoms with Gasteiger partial charge in [0.1, 0.15) is 0 Å². The van der Waals surface area contributed by atoms with Crippen LogP contribution >= 0.6 is 0 Å². The maximum atomic E-state index is 2.50. The molecule has 0 bridgehead atoms. The first-order chi connectivity index (χ1) is 26.2. The van der Waals surface area contributed by atoms with Crippen molar-refractivity contribution in [2.24, 2.45) is 5.92 Å². The van der Waals surface area contributed by atoms with E-state index in [0.29, 0.717) is 5.92 Å². The summed E-state index contributed by atoms with van der Waals surface area (Å²) in [4.78, 5) is 0. The molecule has 3 nitrogen and oxygen atoms in total. The first-order valence-electron chi connectivity index (χ1n) is 18.5. The van der Waals surface area contributed by atoms with Crippen LogP contribution in [0.15, 0.2) is 176 Å². The van der Waals surface area contributed by atoms with Gasteiger partial charge in [0.05, 0.1) is 32.9 Å². The third-order valence-corrected chi connectivity index (χ3v) is 11.1. The molecule has 53 heavy (non-hydrogen) atoms. The number of para-hydroxylation sites is 6. The molecule has 7 aromatic carbocycles. The summed E-state index contributed by atoms with van der Waals surface area (Å²) in [7, 11) is 0. The van der Waals surface area contributed by atoms with Crippen molar-refractivity contribution in [3.05, 3.63) is 187 Å². The summed E-state index contributed by atoms with van der Waals surface area (Å²) in [6, 6.07) is 59.8. The highest BCUT2D eigenvalue weighted by molar-refractivity contribution is 6.16. The van der Waals surface area contributed by atoms with Crippen LogP contribution in [0.2, 0.25) is 0 Å². The Bertz CT molecular complexity index is 3230. The van der Waals surface area contributed by atoms with Gasteiger partial charge in [-0.15, -0.1) is 0 Å². The van der Waals surface area contributed by atoms with Crippen LogP contribution in [-0.2, 0) is 0 Å². The van der Waals surface area contributed by atoms with Crippen molar-refractivity contribution in [3.8, 4) is 28.2 Å². The molecule has 0 spiro atoms. The van der Waals surface area contributed by atoms with E-state index in [-0.39, 0.29) is 0 Å². The minimum absolute atomic E-state index is 0.333. The highest BCUT2D eigenvalue weighted by Crippen LogP contribution is 2.41. The minimum Gasteiger partial charge on any atom is -0.309 e. The lowest BCUT2D eigenvalue weighted by Crippen LogP contribution is -2.28. The van der Waals surface area contributed by atoms with Crippen molar-refractivity contribution in [1.29, 1.82) is 0 Å². The second kappa shape index (κ2) is 11.6. The van der Waals surface area contributed by atoms with Crippen LogP contribution in [0.1, 0.15) is 6.92 Å². The second-order valence-corrected chi connectivity index (χ2v) is 14.2. The highest BCUT2D eigenvalue weighted by atomic mass is 15.0. The van der Waals surface area contributed by atoms with Gasteiger partial charge in [-0.25, -0.2) is 0 Å². The normalized spacial score (nSPS) is 14.2. The molecule has 0 aliphatic heterocycles. The average molecular weight is 678 g/mol. The largest absolute Gasteiger partial charge is 0.309 e. The molecule has 250 valence electrons. The van der Waals surface area contributed by atoms with Crippen molar-refractivity contribution in [3.63, 3.8) is 0 Å². The minimum atomic E-state index is 0.333. The van der Waals surface area contributed by atoms with Gasteiger partial charge >= 0.3 is 0 Å². The van der Waals surface area contributed by atoms with Gasteiger partial charge in [0.2, 0.25) is 0 Å². The van der Waals surface area contributed by atoms with E-state index in [4.69, 9.17) is 0 Å². The molecule has 11 rings (SSSR count). The Morgan fingerprint density at radius 1 is 0.415 bits per heavy atom. The summed E-state index contributed by atoms with van der Waals surface area (Å²) in [6.07, 6.45) is 9.19. The highest BCUT2D eigenvalue weighted by Gasteiger charge is 2.22. The van der Waals surface area contributed by atoms with Crippen molar-refractivity contribution in [1.82, 2.24) is 13.7 Å². The van der Waals surface area contributed by atoms with Gasteiger partial charge in [-0.3, -0.25) is 0 Å². The molecule has 0 saturated carbocycles. The van der Waals surface area contributed by atoms with Crippen LogP contribution in [-0.4, -0.2) is 13.7 Å². The van der Waals surface area contributed by atoms with Gasteiger partial charge in [-0.05, 0) is 66.6 Å². The van der Waals surface area contributed by atoms with Crippen molar-refractivity contribution in [2.45, 2.75) is 6.92 Å². The molecule has 0 saturated heterocycles. The third-order valence-electron chi connectivity index (χ3n) is 11.1. The monoisotopic (exact) mass is 677 g/mol. The zero-order valence-corrected chi connectivity index (χ0v) is 29.3. The summed E-state index contributed by atoms with van der Waals surface area (Å²) < 4.78 is 7.35. The molecule has 3 heteroatoms. The van der Waals surface area contributed by atoms with E-state index in [0.717, 1.165) is 17.1 Å². The molecule has 10 aromatic rings. The van der Waals surface area contributed by atoms with E-state index < -0.39 is 0 Å². The SMILES string of the molecule is CC1C=CC=c2c(c3cccc(-c4cccc5c6ccccc6n(-c6ccc7c(c6)c6ccccc6n7-c6ccccc6)c45)c3n2-c2ccccc2)=C1. The Kier molecular flexibility index (Phi) is 6.53. The van der Waals surface area contributed by atoms with Gasteiger partial charge < -0.3 is 13.7 Å². The maximum absolute atomic E-state index is 2.50. The molecule has 3 aromatic heterocycles. The summed E-state index contributed by atoms with van der Waals surface area (Å²) in [5.74, 6) is 0.333. The molecular formula is C50H35N3. The van der Waals surface area contributed by atoms with Crippen LogP contribution in [0.4, 0.5) is 0 Å². The number of hydrogen-bond acceptors (Lipinski definition) is 0. The van der Waals surface area contributed by atoms with Gasteiger partial charge in [0.15, 0.2) is 0 Å². The number of rotatable bonds is 4. The lowest BCUT2D eigenvalue weighted by atomic mass is 9.99. The molecule has 1 aliphatic carbocycles. The predicted molar refractivity (Wildman–Crippen MR) is 224 cm³/mol. The Balaban J connectivity index is 1.26.